The molecule has 0 aliphatic carbocycles. The number of nitrogens with one attached hydrogen (secondary N) is 2. The average molecular weight is 550 g/mol. The van der Waals surface area contributed by atoms with Crippen LogP contribution >= 0.6 is 23.1 Å². The summed E-state index contributed by atoms with van der Waals surface area (Å²) in [5, 5.41) is 6.07. The van der Waals surface area contributed by atoms with Gasteiger partial charge in [0.05, 0.1) is 5.69 Å². The summed E-state index contributed by atoms with van der Waals surface area (Å²) in [5.74, 6) is -0.304. The van der Waals surface area contributed by atoms with E-state index in [9.17, 15) is 9.59 Å². The van der Waals surface area contributed by atoms with Crippen molar-refractivity contribution in [1.29, 1.82) is 0 Å². The van der Waals surface area contributed by atoms with Gasteiger partial charge in [0.2, 0.25) is 5.91 Å². The van der Waals surface area contributed by atoms with Crippen LogP contribution in [0.5, 0.6) is 0 Å². The molecule has 5 aromatic rings. The maximum Gasteiger partial charge on any atom is 0.255 e. The Balaban J connectivity index is 1.31. The number of thiazole rings is 1. The van der Waals surface area contributed by atoms with Crippen molar-refractivity contribution in [2.24, 2.45) is 0 Å². The molecule has 2 N–H and O–H groups in total. The summed E-state index contributed by atoms with van der Waals surface area (Å²) in [6.45, 7) is 4.00. The molecule has 4 aromatic carbocycles. The van der Waals surface area contributed by atoms with Crippen LogP contribution in [0.15, 0.2) is 114 Å². The predicted octanol–water partition coefficient (Wildman–Crippen LogP) is 8.15. The van der Waals surface area contributed by atoms with Crippen LogP contribution in [-0.2, 0) is 4.79 Å². The number of hydrogen-bond acceptors (Lipinski definition) is 5. The molecule has 1 heterocycles. The van der Waals surface area contributed by atoms with Crippen molar-refractivity contribution < 1.29 is 9.59 Å². The van der Waals surface area contributed by atoms with Crippen LogP contribution in [0.1, 0.15) is 31.6 Å². The fourth-order valence-electron chi connectivity index (χ4n) is 4.05. The zero-order chi connectivity index (χ0) is 27.2. The minimum atomic E-state index is -0.483. The van der Waals surface area contributed by atoms with E-state index in [1.807, 2.05) is 123 Å². The first-order chi connectivity index (χ1) is 19.0. The smallest absolute Gasteiger partial charge is 0.255 e. The van der Waals surface area contributed by atoms with Gasteiger partial charge >= 0.3 is 0 Å². The second-order valence-electron chi connectivity index (χ2n) is 9.03. The first kappa shape index (κ1) is 26.4. The van der Waals surface area contributed by atoms with E-state index in [1.54, 1.807) is 0 Å². The van der Waals surface area contributed by atoms with Gasteiger partial charge < -0.3 is 10.6 Å². The van der Waals surface area contributed by atoms with E-state index < -0.39 is 5.25 Å². The number of benzene rings is 4. The largest absolute Gasteiger partial charge is 0.322 e. The molecule has 194 valence electrons. The maximum atomic E-state index is 13.5. The monoisotopic (exact) mass is 549 g/mol. The van der Waals surface area contributed by atoms with Crippen LogP contribution < -0.4 is 10.6 Å². The molecule has 0 saturated carbocycles. The highest BCUT2D eigenvalue weighted by Gasteiger charge is 2.24. The highest BCUT2D eigenvalue weighted by atomic mass is 32.2. The molecule has 1 aromatic heterocycles. The summed E-state index contributed by atoms with van der Waals surface area (Å²) in [4.78, 5) is 32.8. The first-order valence-corrected chi connectivity index (χ1v) is 14.2. The number of nitrogens with zero attached hydrogens (tertiary/aromatic N) is 1. The highest BCUT2D eigenvalue weighted by Crippen LogP contribution is 2.38. The number of anilines is 2. The summed E-state index contributed by atoms with van der Waals surface area (Å²) in [6, 6.07) is 34.7. The van der Waals surface area contributed by atoms with Crippen LogP contribution in [-0.4, -0.2) is 16.8 Å². The lowest BCUT2D eigenvalue weighted by Crippen LogP contribution is -2.19. The molecule has 5 rings (SSSR count). The lowest BCUT2D eigenvalue weighted by molar-refractivity contribution is -0.115. The second-order valence-corrected chi connectivity index (χ2v) is 11.4. The van der Waals surface area contributed by atoms with E-state index in [0.29, 0.717) is 16.4 Å². The number of aromatic nitrogens is 1. The zero-order valence-corrected chi connectivity index (χ0v) is 23.2. The summed E-state index contributed by atoms with van der Waals surface area (Å²) in [7, 11) is 0. The molecule has 0 bridgehead atoms. The molecular weight excluding hydrogens is 523 g/mol. The van der Waals surface area contributed by atoms with Crippen molar-refractivity contribution >= 4 is 45.7 Å². The number of rotatable bonds is 8. The quantitative estimate of drug-likeness (QED) is 0.192. The molecule has 39 heavy (non-hydrogen) atoms. The Hall–Kier alpha value is -4.20. The van der Waals surface area contributed by atoms with Gasteiger partial charge in [-0.25, -0.2) is 4.98 Å². The van der Waals surface area contributed by atoms with Gasteiger partial charge in [0.25, 0.3) is 5.91 Å². The van der Waals surface area contributed by atoms with E-state index >= 15 is 0 Å². The van der Waals surface area contributed by atoms with Gasteiger partial charge in [-0.2, -0.15) is 0 Å². The van der Waals surface area contributed by atoms with Gasteiger partial charge in [0.1, 0.15) is 5.25 Å². The summed E-state index contributed by atoms with van der Waals surface area (Å²) in [6.07, 6.45) is 0. The third kappa shape index (κ3) is 6.63. The second kappa shape index (κ2) is 12.1. The molecule has 0 aliphatic rings. The molecule has 5 nitrogen and oxygen atoms in total. The number of amides is 2. The number of thioether (sulfide) groups is 1. The van der Waals surface area contributed by atoms with Crippen LogP contribution in [0.3, 0.4) is 0 Å². The van der Waals surface area contributed by atoms with Gasteiger partial charge in [-0.05, 0) is 55.8 Å². The van der Waals surface area contributed by atoms with Crippen LogP contribution in [0.25, 0.3) is 11.3 Å². The first-order valence-electron chi connectivity index (χ1n) is 12.5. The molecule has 0 spiro atoms. The number of carbonyl (C=O) groups excluding carboxylic acids is 2. The molecule has 0 saturated heterocycles. The van der Waals surface area contributed by atoms with Gasteiger partial charge in [-0.1, -0.05) is 78.4 Å². The lowest BCUT2D eigenvalue weighted by Gasteiger charge is -2.16. The molecule has 7 heteroatoms. The lowest BCUT2D eigenvalue weighted by atomic mass is 10.1. The Labute approximate surface area is 236 Å². The Morgan fingerprint density at radius 3 is 2.08 bits per heavy atom. The predicted molar refractivity (Wildman–Crippen MR) is 162 cm³/mol. The molecular formula is C32H27N3O2S2. The minimum Gasteiger partial charge on any atom is -0.322 e. The third-order valence-electron chi connectivity index (χ3n) is 6.09. The van der Waals surface area contributed by atoms with Crippen LogP contribution in [0, 0.1) is 13.8 Å². The Kier molecular flexibility index (Phi) is 8.20. The van der Waals surface area contributed by atoms with E-state index in [-0.39, 0.29) is 11.8 Å². The summed E-state index contributed by atoms with van der Waals surface area (Å²) >= 11 is 2.92. The zero-order valence-electron chi connectivity index (χ0n) is 21.5. The third-order valence-corrected chi connectivity index (χ3v) is 8.25. The van der Waals surface area contributed by atoms with Gasteiger partial charge in [-0.15, -0.1) is 23.1 Å². The standard InChI is InChI=1S/C32H27N3O2S2/c1-21-13-15-25(16-14-21)30(36)33-26-17-19-27(20-18-26)39-29(24-11-7-4-8-12-24)31(37)35-32-34-28(22(2)38-32)23-9-5-3-6-10-23/h3-20,29H,1-2H3,(H,33,36)(H,34,35,37). The fourth-order valence-corrected chi connectivity index (χ4v) is 5.91. The van der Waals surface area contributed by atoms with Crippen LogP contribution in [0.2, 0.25) is 0 Å². The molecule has 1 unspecified atom stereocenters. The average Bonchev–Trinajstić information content (AvgIpc) is 3.33. The normalized spacial score (nSPS) is 11.5. The molecule has 0 aliphatic heterocycles. The maximum absolute atomic E-state index is 13.5. The van der Waals surface area contributed by atoms with E-state index in [0.717, 1.165) is 32.2 Å². The Morgan fingerprint density at radius 2 is 1.41 bits per heavy atom. The van der Waals surface area contributed by atoms with Crippen molar-refractivity contribution in [2.75, 3.05) is 10.6 Å². The van der Waals surface area contributed by atoms with Crippen molar-refractivity contribution in [2.45, 2.75) is 24.0 Å². The van der Waals surface area contributed by atoms with Crippen molar-refractivity contribution in [3.63, 3.8) is 0 Å². The highest BCUT2D eigenvalue weighted by molar-refractivity contribution is 8.00. The summed E-state index contributed by atoms with van der Waals surface area (Å²) < 4.78 is 0. The van der Waals surface area contributed by atoms with E-state index in [2.05, 4.69) is 10.6 Å². The van der Waals surface area contributed by atoms with Crippen molar-refractivity contribution in [3.8, 4) is 11.3 Å². The topological polar surface area (TPSA) is 71.1 Å². The summed E-state index contributed by atoms with van der Waals surface area (Å²) in [5.41, 5.74) is 5.20. The van der Waals surface area contributed by atoms with Gasteiger partial charge in [0, 0.05) is 26.6 Å². The number of hydrogen-bond donors (Lipinski definition) is 2. The molecule has 0 fully saturated rings. The number of aryl methyl sites for hydroxylation is 2. The Bertz CT molecular complexity index is 1570. The molecule has 0 radical (unpaired) electrons. The van der Waals surface area contributed by atoms with Gasteiger partial charge in [-0.3, -0.25) is 9.59 Å². The van der Waals surface area contributed by atoms with Gasteiger partial charge in [0.15, 0.2) is 5.13 Å². The molecule has 1 atom stereocenters. The van der Waals surface area contributed by atoms with Crippen molar-refractivity contribution in [1.82, 2.24) is 4.98 Å². The van der Waals surface area contributed by atoms with E-state index in [1.165, 1.54) is 23.1 Å². The SMILES string of the molecule is Cc1ccc(C(=O)Nc2ccc(SC(C(=O)Nc3nc(-c4ccccc4)c(C)s3)c3ccccc3)cc2)cc1. The number of carbonyl (C=O) groups is 2. The van der Waals surface area contributed by atoms with E-state index in [4.69, 9.17) is 4.98 Å². The van der Waals surface area contributed by atoms with Crippen molar-refractivity contribution in [3.05, 3.63) is 131 Å². The fraction of sp³-hybridized carbons (Fsp3) is 0.0938. The minimum absolute atomic E-state index is 0.142. The molecule has 2 amide bonds. The van der Waals surface area contributed by atoms with Crippen LogP contribution in [0.4, 0.5) is 10.8 Å². The Morgan fingerprint density at radius 1 is 0.769 bits per heavy atom.